The van der Waals surface area contributed by atoms with Crippen LogP contribution in [0.15, 0.2) is 42.0 Å². The summed E-state index contributed by atoms with van der Waals surface area (Å²) in [5.74, 6) is -0.0105. The van der Waals surface area contributed by atoms with Gasteiger partial charge in [-0.25, -0.2) is 4.98 Å². The molecule has 1 amide bonds. The molecule has 1 aromatic heterocycles. The summed E-state index contributed by atoms with van der Waals surface area (Å²) in [7, 11) is 3.55. The molecule has 0 atom stereocenters. The standard InChI is InChI=1S/C22H23N3O2S/c1-23-18-7-5-14-11-17(4-3-15(14)12-18)22-25-19-8-6-16(13-20(19)28-22)21(26)24-9-10-27-2/h3-5,7,11-13,23H,6,8-10H2,1-2H3,(H,24,26). The van der Waals surface area contributed by atoms with Crippen LogP contribution in [0.2, 0.25) is 0 Å². The van der Waals surface area contributed by atoms with Gasteiger partial charge in [0.15, 0.2) is 0 Å². The minimum absolute atomic E-state index is 0.0105. The lowest BCUT2D eigenvalue weighted by Crippen LogP contribution is -2.29. The van der Waals surface area contributed by atoms with Gasteiger partial charge in [0.1, 0.15) is 5.01 Å². The summed E-state index contributed by atoms with van der Waals surface area (Å²) in [6.45, 7) is 1.05. The van der Waals surface area contributed by atoms with E-state index >= 15 is 0 Å². The molecule has 3 aromatic rings. The number of carbonyl (C=O) groups is 1. The van der Waals surface area contributed by atoms with E-state index in [9.17, 15) is 4.79 Å². The SMILES string of the molecule is CNc1ccc2cc(-c3nc4c(s3)C=C(C(=O)NCCOC)CC4)ccc2c1. The minimum atomic E-state index is -0.0105. The van der Waals surface area contributed by atoms with Gasteiger partial charge >= 0.3 is 0 Å². The zero-order valence-electron chi connectivity index (χ0n) is 16.0. The molecule has 0 aliphatic heterocycles. The zero-order chi connectivity index (χ0) is 19.5. The first-order valence-corrected chi connectivity index (χ1v) is 10.2. The second-order valence-corrected chi connectivity index (χ2v) is 7.81. The first-order chi connectivity index (χ1) is 13.7. The van der Waals surface area contributed by atoms with E-state index in [1.807, 2.05) is 13.1 Å². The number of carbonyl (C=O) groups excluding carboxylic acids is 1. The maximum absolute atomic E-state index is 12.3. The number of hydrogen-bond donors (Lipinski definition) is 2. The highest BCUT2D eigenvalue weighted by Gasteiger charge is 2.20. The number of benzene rings is 2. The quantitative estimate of drug-likeness (QED) is 0.619. The average molecular weight is 394 g/mol. The highest BCUT2D eigenvalue weighted by molar-refractivity contribution is 7.16. The smallest absolute Gasteiger partial charge is 0.247 e. The van der Waals surface area contributed by atoms with Crippen LogP contribution in [0.3, 0.4) is 0 Å². The van der Waals surface area contributed by atoms with Crippen molar-refractivity contribution in [1.29, 1.82) is 0 Å². The Balaban J connectivity index is 1.59. The van der Waals surface area contributed by atoms with Crippen molar-refractivity contribution in [3.63, 3.8) is 0 Å². The summed E-state index contributed by atoms with van der Waals surface area (Å²) in [4.78, 5) is 18.2. The molecule has 0 radical (unpaired) electrons. The van der Waals surface area contributed by atoms with E-state index in [0.29, 0.717) is 13.2 Å². The summed E-state index contributed by atoms with van der Waals surface area (Å²) in [6.07, 6.45) is 3.51. The van der Waals surface area contributed by atoms with E-state index in [-0.39, 0.29) is 5.91 Å². The average Bonchev–Trinajstić information content (AvgIpc) is 3.16. The Morgan fingerprint density at radius 3 is 2.82 bits per heavy atom. The number of nitrogens with zero attached hydrogens (tertiary/aromatic N) is 1. The van der Waals surface area contributed by atoms with E-state index in [4.69, 9.17) is 9.72 Å². The molecule has 0 bridgehead atoms. The lowest BCUT2D eigenvalue weighted by Gasteiger charge is -2.12. The Kier molecular flexibility index (Phi) is 5.41. The van der Waals surface area contributed by atoms with Crippen LogP contribution < -0.4 is 10.6 Å². The van der Waals surface area contributed by atoms with Crippen molar-refractivity contribution in [3.8, 4) is 10.6 Å². The van der Waals surface area contributed by atoms with Gasteiger partial charge < -0.3 is 15.4 Å². The molecule has 2 N–H and O–H groups in total. The number of thiazole rings is 1. The van der Waals surface area contributed by atoms with Crippen LogP contribution in [-0.4, -0.2) is 38.2 Å². The van der Waals surface area contributed by atoms with Gasteiger partial charge in [-0.3, -0.25) is 4.79 Å². The number of nitrogens with one attached hydrogen (secondary N) is 2. The topological polar surface area (TPSA) is 63.2 Å². The first kappa shape index (κ1) is 18.7. The molecule has 6 heteroatoms. The van der Waals surface area contributed by atoms with Crippen LogP contribution in [0.5, 0.6) is 0 Å². The van der Waals surface area contributed by atoms with Gasteiger partial charge in [-0.05, 0) is 47.9 Å². The van der Waals surface area contributed by atoms with E-state index < -0.39 is 0 Å². The molecule has 1 aliphatic carbocycles. The molecule has 2 aromatic carbocycles. The third-order valence-electron chi connectivity index (χ3n) is 4.92. The first-order valence-electron chi connectivity index (χ1n) is 9.37. The van der Waals surface area contributed by atoms with Crippen molar-refractivity contribution >= 4 is 39.8 Å². The van der Waals surface area contributed by atoms with Crippen molar-refractivity contribution in [3.05, 3.63) is 52.5 Å². The summed E-state index contributed by atoms with van der Waals surface area (Å²) < 4.78 is 4.99. The van der Waals surface area contributed by atoms with Gasteiger partial charge in [0.2, 0.25) is 5.91 Å². The number of aromatic nitrogens is 1. The van der Waals surface area contributed by atoms with Crippen LogP contribution in [-0.2, 0) is 16.0 Å². The van der Waals surface area contributed by atoms with Crippen LogP contribution >= 0.6 is 11.3 Å². The number of rotatable bonds is 6. The molecule has 1 heterocycles. The Bertz CT molecular complexity index is 1060. The van der Waals surface area contributed by atoms with Gasteiger partial charge in [0, 0.05) is 37.5 Å². The number of ether oxygens (including phenoxy) is 1. The Morgan fingerprint density at radius 1 is 1.18 bits per heavy atom. The van der Waals surface area contributed by atoms with E-state index in [2.05, 4.69) is 47.0 Å². The molecule has 4 rings (SSSR count). The molecule has 1 aliphatic rings. The zero-order valence-corrected chi connectivity index (χ0v) is 16.9. The Morgan fingerprint density at radius 2 is 2.00 bits per heavy atom. The van der Waals surface area contributed by atoms with Crippen LogP contribution in [0.25, 0.3) is 27.4 Å². The van der Waals surface area contributed by atoms with Crippen molar-refractivity contribution in [2.45, 2.75) is 12.8 Å². The van der Waals surface area contributed by atoms with Crippen LogP contribution in [0, 0.1) is 0 Å². The van der Waals surface area contributed by atoms with Crippen molar-refractivity contribution in [2.75, 3.05) is 32.6 Å². The lowest BCUT2D eigenvalue weighted by molar-refractivity contribution is -0.117. The third kappa shape index (κ3) is 3.79. The predicted octanol–water partition coefficient (Wildman–Crippen LogP) is 4.10. The minimum Gasteiger partial charge on any atom is -0.388 e. The molecule has 0 fully saturated rings. The monoisotopic (exact) mass is 393 g/mol. The number of amides is 1. The summed E-state index contributed by atoms with van der Waals surface area (Å²) in [5.41, 5.74) is 4.12. The number of fused-ring (bicyclic) bond motifs is 2. The van der Waals surface area contributed by atoms with Crippen molar-refractivity contribution < 1.29 is 9.53 Å². The van der Waals surface area contributed by atoms with Gasteiger partial charge in [0.25, 0.3) is 0 Å². The third-order valence-corrected chi connectivity index (χ3v) is 6.02. The maximum atomic E-state index is 12.3. The molecule has 28 heavy (non-hydrogen) atoms. The molecule has 0 saturated carbocycles. The second-order valence-electron chi connectivity index (χ2n) is 6.77. The maximum Gasteiger partial charge on any atom is 0.247 e. The van der Waals surface area contributed by atoms with Gasteiger partial charge in [-0.1, -0.05) is 18.2 Å². The van der Waals surface area contributed by atoms with Gasteiger partial charge in [-0.15, -0.1) is 11.3 Å². The second kappa shape index (κ2) is 8.12. The van der Waals surface area contributed by atoms with Crippen molar-refractivity contribution in [2.24, 2.45) is 0 Å². The van der Waals surface area contributed by atoms with Crippen molar-refractivity contribution in [1.82, 2.24) is 10.3 Å². The molecular weight excluding hydrogens is 370 g/mol. The van der Waals surface area contributed by atoms with E-state index in [1.165, 1.54) is 10.8 Å². The number of methoxy groups -OCH3 is 1. The largest absolute Gasteiger partial charge is 0.388 e. The Hall–Kier alpha value is -2.70. The lowest BCUT2D eigenvalue weighted by atomic mass is 10.0. The predicted molar refractivity (Wildman–Crippen MR) is 116 cm³/mol. The van der Waals surface area contributed by atoms with Crippen LogP contribution in [0.4, 0.5) is 5.69 Å². The summed E-state index contributed by atoms with van der Waals surface area (Å²) in [6, 6.07) is 12.8. The molecule has 0 saturated heterocycles. The van der Waals surface area contributed by atoms with Gasteiger partial charge in [-0.2, -0.15) is 0 Å². The summed E-state index contributed by atoms with van der Waals surface area (Å²) in [5, 5.41) is 9.47. The molecule has 0 unspecified atom stereocenters. The van der Waals surface area contributed by atoms with Crippen LogP contribution in [0.1, 0.15) is 17.0 Å². The van der Waals surface area contributed by atoms with E-state index in [0.717, 1.165) is 45.2 Å². The number of anilines is 1. The summed E-state index contributed by atoms with van der Waals surface area (Å²) >= 11 is 1.65. The fourth-order valence-electron chi connectivity index (χ4n) is 3.36. The molecule has 0 spiro atoms. The fourth-order valence-corrected chi connectivity index (χ4v) is 4.43. The Labute approximate surface area is 168 Å². The molecule has 5 nitrogen and oxygen atoms in total. The fraction of sp³-hybridized carbons (Fsp3) is 0.273. The normalized spacial score (nSPS) is 13.1. The van der Waals surface area contributed by atoms with Gasteiger partial charge in [0.05, 0.1) is 17.2 Å². The highest BCUT2D eigenvalue weighted by Crippen LogP contribution is 2.35. The van der Waals surface area contributed by atoms with E-state index in [1.54, 1.807) is 18.4 Å². The molecular formula is C22H23N3O2S. The highest BCUT2D eigenvalue weighted by atomic mass is 32.1. The number of hydrogen-bond acceptors (Lipinski definition) is 5. The molecule has 144 valence electrons. The number of aryl methyl sites for hydroxylation is 1.